The Kier molecular flexibility index (Phi) is 6.76. The topological polar surface area (TPSA) is 88.8 Å². The second-order valence-corrected chi connectivity index (χ2v) is 7.40. The summed E-state index contributed by atoms with van der Waals surface area (Å²) in [4.78, 5) is 25.3. The Bertz CT molecular complexity index is 1150. The third-order valence-electron chi connectivity index (χ3n) is 5.34. The number of phenols is 1. The summed E-state index contributed by atoms with van der Waals surface area (Å²) in [7, 11) is 0. The van der Waals surface area contributed by atoms with Crippen LogP contribution in [0.3, 0.4) is 0 Å². The molecule has 0 aliphatic rings. The molecule has 0 aliphatic heterocycles. The lowest BCUT2D eigenvalue weighted by Gasteiger charge is -2.14. The molecular weight excluding hydrogens is 427 g/mol. The van der Waals surface area contributed by atoms with Gasteiger partial charge < -0.3 is 14.9 Å². The molecule has 0 bridgehead atoms. The van der Waals surface area contributed by atoms with Crippen LogP contribution in [0.1, 0.15) is 53.7 Å². The maximum Gasteiger partial charge on any atom is 0.387 e. The van der Waals surface area contributed by atoms with Crippen molar-refractivity contribution in [2.45, 2.75) is 45.6 Å². The van der Waals surface area contributed by atoms with Gasteiger partial charge in [-0.25, -0.2) is 4.39 Å². The number of alkyl halides is 2. The number of aliphatic carboxylic acids is 1. The van der Waals surface area contributed by atoms with E-state index in [4.69, 9.17) is 0 Å². The molecule has 1 atom stereocenters. The van der Waals surface area contributed by atoms with Gasteiger partial charge in [0.25, 0.3) is 5.91 Å². The molecule has 0 saturated heterocycles. The fraction of sp³-hybridized carbons (Fsp3) is 0.304. The number of hydrogen-bond acceptors (Lipinski definition) is 4. The maximum absolute atomic E-state index is 14.2. The van der Waals surface area contributed by atoms with Crippen LogP contribution in [0.5, 0.6) is 11.5 Å². The molecule has 0 radical (unpaired) electrons. The number of ether oxygens (including phenoxy) is 1. The summed E-state index contributed by atoms with van der Waals surface area (Å²) < 4.78 is 44.4. The van der Waals surface area contributed by atoms with E-state index in [9.17, 15) is 33.0 Å². The summed E-state index contributed by atoms with van der Waals surface area (Å²) in [5.41, 5.74) is 0.828. The van der Waals surface area contributed by atoms with E-state index < -0.39 is 36.0 Å². The fourth-order valence-corrected chi connectivity index (χ4v) is 3.86. The molecule has 2 aromatic carbocycles. The Balaban J connectivity index is 2.18. The number of fused-ring (bicyclic) bond motifs is 1. The number of carbonyl (C=O) groups excluding carboxylic acids is 1. The lowest BCUT2D eigenvalue weighted by molar-refractivity contribution is -0.139. The zero-order valence-electron chi connectivity index (χ0n) is 17.4. The molecule has 32 heavy (non-hydrogen) atoms. The molecule has 1 unspecified atom stereocenters. The van der Waals surface area contributed by atoms with Gasteiger partial charge in [-0.3, -0.25) is 14.2 Å². The van der Waals surface area contributed by atoms with Crippen LogP contribution in [-0.2, 0) is 4.79 Å². The summed E-state index contributed by atoms with van der Waals surface area (Å²) in [5.74, 6) is -4.41. The van der Waals surface area contributed by atoms with Gasteiger partial charge in [-0.2, -0.15) is 8.78 Å². The van der Waals surface area contributed by atoms with Gasteiger partial charge in [0.2, 0.25) is 0 Å². The molecule has 0 spiro atoms. The van der Waals surface area contributed by atoms with Crippen LogP contribution < -0.4 is 4.74 Å². The van der Waals surface area contributed by atoms with Crippen LogP contribution >= 0.6 is 0 Å². The smallest absolute Gasteiger partial charge is 0.387 e. The molecule has 0 amide bonds. The van der Waals surface area contributed by atoms with Crippen molar-refractivity contribution >= 4 is 22.8 Å². The van der Waals surface area contributed by atoms with Crippen molar-refractivity contribution in [2.24, 2.45) is 0 Å². The van der Waals surface area contributed by atoms with E-state index in [1.165, 1.54) is 28.8 Å². The average Bonchev–Trinajstić information content (AvgIpc) is 2.99. The molecule has 0 aliphatic carbocycles. The first kappa shape index (κ1) is 23.2. The highest BCUT2D eigenvalue weighted by Gasteiger charge is 2.30. The van der Waals surface area contributed by atoms with Crippen LogP contribution in [0.2, 0.25) is 0 Å². The number of aromatic hydroxyl groups is 1. The number of rotatable bonds is 8. The number of phenolic OH excluding ortho intramolecular Hbond substituents is 1. The van der Waals surface area contributed by atoms with Crippen LogP contribution in [0.25, 0.3) is 10.9 Å². The molecule has 6 nitrogen and oxygen atoms in total. The van der Waals surface area contributed by atoms with Crippen LogP contribution in [0.4, 0.5) is 13.2 Å². The minimum Gasteiger partial charge on any atom is -0.505 e. The Labute approximate surface area is 181 Å². The standard InChI is InChI=1S/C23H22F3NO5/c1-3-4-5-15(22(30)31)20-12(2)27(18-11-17(24)19(28)10-16(18)20)21(29)13-6-8-14(9-7-13)32-23(25)26/h6-11,15,23,28H,3-5H2,1-2H3,(H,30,31). The van der Waals surface area contributed by atoms with Gasteiger partial charge in [-0.1, -0.05) is 19.8 Å². The van der Waals surface area contributed by atoms with Gasteiger partial charge in [0.15, 0.2) is 11.6 Å². The van der Waals surface area contributed by atoms with Crippen molar-refractivity contribution in [2.75, 3.05) is 0 Å². The number of carboxylic acid groups (broad SMARTS) is 1. The van der Waals surface area contributed by atoms with Crippen molar-refractivity contribution in [1.82, 2.24) is 4.57 Å². The van der Waals surface area contributed by atoms with E-state index in [1.807, 2.05) is 6.92 Å². The molecule has 2 N–H and O–H groups in total. The summed E-state index contributed by atoms with van der Waals surface area (Å²) in [6.07, 6.45) is 1.68. The SMILES string of the molecule is CCCCC(C(=O)O)c1c(C)n(C(=O)c2ccc(OC(F)F)cc2)c2cc(F)c(O)cc12. The van der Waals surface area contributed by atoms with Crippen LogP contribution in [0, 0.1) is 12.7 Å². The summed E-state index contributed by atoms with van der Waals surface area (Å²) >= 11 is 0. The van der Waals surface area contributed by atoms with E-state index in [1.54, 1.807) is 6.92 Å². The molecule has 0 fully saturated rings. The zero-order chi connectivity index (χ0) is 23.6. The highest BCUT2D eigenvalue weighted by atomic mass is 19.3. The van der Waals surface area contributed by atoms with Crippen LogP contribution in [-0.4, -0.2) is 33.3 Å². The van der Waals surface area contributed by atoms with Gasteiger partial charge in [0, 0.05) is 22.7 Å². The first-order valence-corrected chi connectivity index (χ1v) is 10.0. The predicted molar refractivity (Wildman–Crippen MR) is 111 cm³/mol. The number of carbonyl (C=O) groups is 2. The van der Waals surface area contributed by atoms with Gasteiger partial charge >= 0.3 is 12.6 Å². The molecule has 0 saturated carbocycles. The van der Waals surface area contributed by atoms with E-state index in [2.05, 4.69) is 4.74 Å². The molecular formula is C23H22F3NO5. The largest absolute Gasteiger partial charge is 0.505 e. The van der Waals surface area contributed by atoms with Gasteiger partial charge in [-0.05, 0) is 49.2 Å². The summed E-state index contributed by atoms with van der Waals surface area (Å²) in [6, 6.07) is 7.08. The highest BCUT2D eigenvalue weighted by molar-refractivity contribution is 6.05. The van der Waals surface area contributed by atoms with Crippen LogP contribution in [0.15, 0.2) is 36.4 Å². The number of benzene rings is 2. The second-order valence-electron chi connectivity index (χ2n) is 7.40. The average molecular weight is 449 g/mol. The lowest BCUT2D eigenvalue weighted by Crippen LogP contribution is -2.16. The van der Waals surface area contributed by atoms with Gasteiger partial charge in [0.05, 0.1) is 11.4 Å². The molecule has 3 rings (SSSR count). The number of hydrogen-bond donors (Lipinski definition) is 2. The molecule has 3 aromatic rings. The van der Waals surface area contributed by atoms with Crippen molar-refractivity contribution in [3.63, 3.8) is 0 Å². The second kappa shape index (κ2) is 9.33. The quantitative estimate of drug-likeness (QED) is 0.478. The molecule has 9 heteroatoms. The fourth-order valence-electron chi connectivity index (χ4n) is 3.86. The first-order chi connectivity index (χ1) is 15.1. The minimum absolute atomic E-state index is 0.104. The van der Waals surface area contributed by atoms with E-state index in [0.29, 0.717) is 24.1 Å². The summed E-state index contributed by atoms with van der Waals surface area (Å²) in [5, 5.41) is 20.0. The molecule has 1 aromatic heterocycles. The third kappa shape index (κ3) is 4.42. The molecule has 170 valence electrons. The third-order valence-corrected chi connectivity index (χ3v) is 5.34. The number of unbranched alkanes of at least 4 members (excludes halogenated alkanes) is 1. The Hall–Kier alpha value is -3.49. The minimum atomic E-state index is -3.01. The summed E-state index contributed by atoms with van der Waals surface area (Å²) in [6.45, 7) is 0.459. The van der Waals surface area contributed by atoms with Gasteiger partial charge in [0.1, 0.15) is 5.75 Å². The van der Waals surface area contributed by atoms with Crippen molar-refractivity contribution in [3.05, 3.63) is 59.0 Å². The van der Waals surface area contributed by atoms with Crippen molar-refractivity contribution in [1.29, 1.82) is 0 Å². The first-order valence-electron chi connectivity index (χ1n) is 10.0. The monoisotopic (exact) mass is 449 g/mol. The Morgan fingerprint density at radius 2 is 1.81 bits per heavy atom. The van der Waals surface area contributed by atoms with E-state index in [0.717, 1.165) is 18.6 Å². The number of carboxylic acids is 1. The number of aromatic nitrogens is 1. The van der Waals surface area contributed by atoms with Crippen molar-refractivity contribution in [3.8, 4) is 11.5 Å². The number of nitrogens with zero attached hydrogens (tertiary/aromatic N) is 1. The Morgan fingerprint density at radius 3 is 2.38 bits per heavy atom. The predicted octanol–water partition coefficient (Wildman–Crippen LogP) is 5.44. The van der Waals surface area contributed by atoms with E-state index >= 15 is 0 Å². The maximum atomic E-state index is 14.2. The van der Waals surface area contributed by atoms with Gasteiger partial charge in [-0.15, -0.1) is 0 Å². The Morgan fingerprint density at radius 1 is 1.16 bits per heavy atom. The number of halogens is 3. The highest BCUT2D eigenvalue weighted by Crippen LogP contribution is 2.38. The van der Waals surface area contributed by atoms with E-state index in [-0.39, 0.29) is 22.2 Å². The normalized spacial score (nSPS) is 12.3. The zero-order valence-corrected chi connectivity index (χ0v) is 17.4. The van der Waals surface area contributed by atoms with Crippen molar-refractivity contribution < 1.29 is 37.7 Å². The molecule has 1 heterocycles. The lowest BCUT2D eigenvalue weighted by atomic mass is 9.91.